The molecule has 0 atom stereocenters. The first kappa shape index (κ1) is 13.5. The van der Waals surface area contributed by atoms with Crippen molar-refractivity contribution in [2.75, 3.05) is 5.73 Å². The zero-order chi connectivity index (χ0) is 14.8. The molecule has 2 N–H and O–H groups in total. The number of nitrogens with zero attached hydrogens (tertiary/aromatic N) is 2. The lowest BCUT2D eigenvalue weighted by molar-refractivity contribution is 0.628. The van der Waals surface area contributed by atoms with E-state index < -0.39 is 0 Å². The number of anilines is 1. The van der Waals surface area contributed by atoms with Crippen LogP contribution >= 0.6 is 11.6 Å². The molecule has 0 unspecified atom stereocenters. The smallest absolute Gasteiger partial charge is 0.162 e. The van der Waals surface area contributed by atoms with Crippen molar-refractivity contribution in [2.45, 2.75) is 0 Å². The summed E-state index contributed by atoms with van der Waals surface area (Å²) in [6.07, 6.45) is 0. The van der Waals surface area contributed by atoms with Gasteiger partial charge < -0.3 is 5.73 Å². The Bertz CT molecular complexity index is 791. The third-order valence-electron chi connectivity index (χ3n) is 2.98. The second-order valence-corrected chi connectivity index (χ2v) is 4.90. The van der Waals surface area contributed by atoms with Gasteiger partial charge >= 0.3 is 0 Å². The van der Waals surface area contributed by atoms with Crippen molar-refractivity contribution in [3.8, 4) is 22.6 Å². The van der Waals surface area contributed by atoms with Crippen LogP contribution in [0.2, 0.25) is 5.02 Å². The van der Waals surface area contributed by atoms with E-state index >= 15 is 0 Å². The van der Waals surface area contributed by atoms with Crippen LogP contribution in [0.3, 0.4) is 0 Å². The molecule has 104 valence electrons. The minimum Gasteiger partial charge on any atom is -0.384 e. The molecular weight excluding hydrogens is 289 g/mol. The number of nitrogens with two attached hydrogens (primary N) is 1. The third-order valence-corrected chi connectivity index (χ3v) is 3.31. The monoisotopic (exact) mass is 299 g/mol. The Labute approximate surface area is 126 Å². The van der Waals surface area contributed by atoms with Crippen molar-refractivity contribution < 1.29 is 4.39 Å². The number of hydrogen-bond acceptors (Lipinski definition) is 3. The highest BCUT2D eigenvalue weighted by molar-refractivity contribution is 6.33. The zero-order valence-corrected chi connectivity index (χ0v) is 11.7. The molecule has 0 aliphatic heterocycles. The van der Waals surface area contributed by atoms with Gasteiger partial charge in [-0.15, -0.1) is 0 Å². The predicted molar refractivity (Wildman–Crippen MR) is 82.3 cm³/mol. The van der Waals surface area contributed by atoms with Crippen molar-refractivity contribution >= 4 is 17.4 Å². The van der Waals surface area contributed by atoms with Crippen LogP contribution in [0.4, 0.5) is 10.2 Å². The van der Waals surface area contributed by atoms with E-state index in [4.69, 9.17) is 17.3 Å². The first-order valence-corrected chi connectivity index (χ1v) is 6.67. The van der Waals surface area contributed by atoms with Crippen LogP contribution in [0.1, 0.15) is 0 Å². The number of aromatic nitrogens is 2. The Morgan fingerprint density at radius 1 is 0.952 bits per heavy atom. The number of rotatable bonds is 2. The lowest BCUT2D eigenvalue weighted by atomic mass is 10.1. The predicted octanol–water partition coefficient (Wildman–Crippen LogP) is 4.19. The highest BCUT2D eigenvalue weighted by Crippen LogP contribution is 2.29. The molecule has 5 heteroatoms. The van der Waals surface area contributed by atoms with Gasteiger partial charge in [0.2, 0.25) is 0 Å². The molecule has 0 fully saturated rings. The molecule has 2 aromatic carbocycles. The van der Waals surface area contributed by atoms with Gasteiger partial charge in [-0.1, -0.05) is 41.9 Å². The SMILES string of the molecule is Nc1cc(-c2cc(F)ccc2Cl)nc(-c2ccccc2)n1. The van der Waals surface area contributed by atoms with Crippen LogP contribution in [0.5, 0.6) is 0 Å². The van der Waals surface area contributed by atoms with Gasteiger partial charge in [0.25, 0.3) is 0 Å². The summed E-state index contributed by atoms with van der Waals surface area (Å²) in [7, 11) is 0. The van der Waals surface area contributed by atoms with E-state index in [0.29, 0.717) is 27.9 Å². The molecule has 0 aliphatic rings. The Hall–Kier alpha value is -2.46. The molecule has 3 nitrogen and oxygen atoms in total. The molecule has 0 aliphatic carbocycles. The van der Waals surface area contributed by atoms with Gasteiger partial charge in [0, 0.05) is 17.2 Å². The van der Waals surface area contributed by atoms with E-state index in [1.165, 1.54) is 18.2 Å². The van der Waals surface area contributed by atoms with Crippen LogP contribution in [-0.2, 0) is 0 Å². The lowest BCUT2D eigenvalue weighted by Crippen LogP contribution is -1.98. The Balaban J connectivity index is 2.16. The summed E-state index contributed by atoms with van der Waals surface area (Å²) in [5.74, 6) is 0.401. The largest absolute Gasteiger partial charge is 0.384 e. The summed E-state index contributed by atoms with van der Waals surface area (Å²) in [5.41, 5.74) is 7.65. The summed E-state index contributed by atoms with van der Waals surface area (Å²) in [4.78, 5) is 8.65. The second-order valence-electron chi connectivity index (χ2n) is 4.49. The fraction of sp³-hybridized carbons (Fsp3) is 0. The summed E-state index contributed by atoms with van der Waals surface area (Å²) < 4.78 is 13.4. The van der Waals surface area contributed by atoms with Crippen molar-refractivity contribution in [3.63, 3.8) is 0 Å². The number of halogens is 2. The molecular formula is C16H11ClFN3. The maximum Gasteiger partial charge on any atom is 0.162 e. The summed E-state index contributed by atoms with van der Waals surface area (Å²) >= 11 is 6.11. The molecule has 0 radical (unpaired) electrons. The molecule has 0 bridgehead atoms. The van der Waals surface area contributed by atoms with Crippen molar-refractivity contribution in [1.29, 1.82) is 0 Å². The normalized spacial score (nSPS) is 10.6. The fourth-order valence-electron chi connectivity index (χ4n) is 2.01. The highest BCUT2D eigenvalue weighted by atomic mass is 35.5. The molecule has 0 spiro atoms. The molecule has 0 amide bonds. The maximum atomic E-state index is 13.4. The minimum absolute atomic E-state index is 0.305. The van der Waals surface area contributed by atoms with Crippen LogP contribution in [-0.4, -0.2) is 9.97 Å². The van der Waals surface area contributed by atoms with Gasteiger partial charge in [0.15, 0.2) is 5.82 Å². The van der Waals surface area contributed by atoms with Crippen LogP contribution in [0.15, 0.2) is 54.6 Å². The van der Waals surface area contributed by atoms with Gasteiger partial charge in [-0.3, -0.25) is 0 Å². The second kappa shape index (κ2) is 5.50. The highest BCUT2D eigenvalue weighted by Gasteiger charge is 2.11. The van der Waals surface area contributed by atoms with E-state index in [-0.39, 0.29) is 5.82 Å². The van der Waals surface area contributed by atoms with E-state index in [2.05, 4.69) is 9.97 Å². The first-order valence-electron chi connectivity index (χ1n) is 6.29. The quantitative estimate of drug-likeness (QED) is 0.772. The molecule has 1 aromatic heterocycles. The average Bonchev–Trinajstić information content (AvgIpc) is 2.50. The summed E-state index contributed by atoms with van der Waals surface area (Å²) in [6, 6.07) is 15.1. The van der Waals surface area contributed by atoms with Crippen LogP contribution < -0.4 is 5.73 Å². The molecule has 3 rings (SSSR count). The minimum atomic E-state index is -0.382. The van der Waals surface area contributed by atoms with E-state index in [0.717, 1.165) is 5.56 Å². The maximum absolute atomic E-state index is 13.4. The van der Waals surface area contributed by atoms with Gasteiger partial charge in [0.05, 0.1) is 10.7 Å². The topological polar surface area (TPSA) is 51.8 Å². The fourth-order valence-corrected chi connectivity index (χ4v) is 2.23. The van der Waals surface area contributed by atoms with Crippen molar-refractivity contribution in [2.24, 2.45) is 0 Å². The Kier molecular flexibility index (Phi) is 3.54. The molecule has 0 saturated carbocycles. The molecule has 3 aromatic rings. The van der Waals surface area contributed by atoms with Crippen molar-refractivity contribution in [3.05, 3.63) is 65.4 Å². The Morgan fingerprint density at radius 2 is 1.71 bits per heavy atom. The van der Waals surface area contributed by atoms with E-state index in [1.807, 2.05) is 30.3 Å². The van der Waals surface area contributed by atoms with Crippen LogP contribution in [0.25, 0.3) is 22.6 Å². The van der Waals surface area contributed by atoms with Crippen LogP contribution in [0, 0.1) is 5.82 Å². The first-order chi connectivity index (χ1) is 10.1. The summed E-state index contributed by atoms with van der Waals surface area (Å²) in [5, 5.41) is 0.411. The standard InChI is InChI=1S/C16H11ClFN3/c17-13-7-6-11(18)8-12(13)14-9-15(19)21-16(20-14)10-4-2-1-3-5-10/h1-9H,(H2,19,20,21). The van der Waals surface area contributed by atoms with E-state index in [9.17, 15) is 4.39 Å². The number of nitrogen functional groups attached to an aromatic ring is 1. The molecule has 21 heavy (non-hydrogen) atoms. The zero-order valence-electron chi connectivity index (χ0n) is 10.9. The summed E-state index contributed by atoms with van der Waals surface area (Å²) in [6.45, 7) is 0. The number of hydrogen-bond donors (Lipinski definition) is 1. The van der Waals surface area contributed by atoms with Gasteiger partial charge in [-0.25, -0.2) is 14.4 Å². The number of benzene rings is 2. The average molecular weight is 300 g/mol. The van der Waals surface area contributed by atoms with E-state index in [1.54, 1.807) is 6.07 Å². The van der Waals surface area contributed by atoms with Gasteiger partial charge in [0.1, 0.15) is 11.6 Å². The Morgan fingerprint density at radius 3 is 2.48 bits per heavy atom. The van der Waals surface area contributed by atoms with Gasteiger partial charge in [-0.2, -0.15) is 0 Å². The third kappa shape index (κ3) is 2.85. The molecule has 1 heterocycles. The lowest BCUT2D eigenvalue weighted by Gasteiger charge is -2.08. The molecule has 0 saturated heterocycles. The van der Waals surface area contributed by atoms with Gasteiger partial charge in [-0.05, 0) is 18.2 Å². The van der Waals surface area contributed by atoms with Crippen molar-refractivity contribution in [1.82, 2.24) is 9.97 Å².